The van der Waals surface area contributed by atoms with Gasteiger partial charge in [0, 0.05) is 29.2 Å². The van der Waals surface area contributed by atoms with Gasteiger partial charge in [0.1, 0.15) is 0 Å². The van der Waals surface area contributed by atoms with E-state index in [9.17, 15) is 0 Å². The third kappa shape index (κ3) is 2.43. The largest absolute Gasteiger partial charge is 0.261 e. The first-order valence-corrected chi connectivity index (χ1v) is 8.57. The van der Waals surface area contributed by atoms with E-state index in [2.05, 4.69) is 66.3 Å². The van der Waals surface area contributed by atoms with E-state index in [0.717, 1.165) is 17.0 Å². The van der Waals surface area contributed by atoms with E-state index >= 15 is 0 Å². The zero-order valence-electron chi connectivity index (χ0n) is 14.5. The third-order valence-electron chi connectivity index (χ3n) is 5.48. The van der Waals surface area contributed by atoms with Crippen LogP contribution in [0.1, 0.15) is 31.5 Å². The second kappa shape index (κ2) is 5.55. The number of pyridine rings is 2. The number of nitrogens with zero attached hydrogens (tertiary/aromatic N) is 2. The lowest BCUT2D eigenvalue weighted by molar-refractivity contribution is 0.703. The molecule has 2 heterocycles. The van der Waals surface area contributed by atoms with Gasteiger partial charge in [0.2, 0.25) is 0 Å². The maximum Gasteiger partial charge on any atom is 0.0711 e. The summed E-state index contributed by atoms with van der Waals surface area (Å²) in [5, 5.41) is 0. The fraction of sp³-hybridized carbons (Fsp3) is 0.273. The molecule has 0 spiro atoms. The molecule has 0 N–H and O–H groups in total. The van der Waals surface area contributed by atoms with Gasteiger partial charge in [0.15, 0.2) is 0 Å². The van der Waals surface area contributed by atoms with E-state index in [1.165, 1.54) is 23.1 Å². The molecular weight excluding hydrogens is 292 g/mol. The summed E-state index contributed by atoms with van der Waals surface area (Å²) >= 11 is 0. The van der Waals surface area contributed by atoms with Gasteiger partial charge in [0.05, 0.1) is 5.69 Å². The molecule has 1 aliphatic rings. The summed E-state index contributed by atoms with van der Waals surface area (Å²) < 4.78 is 0. The van der Waals surface area contributed by atoms with Crippen LogP contribution in [0.15, 0.2) is 60.9 Å². The van der Waals surface area contributed by atoms with Crippen LogP contribution >= 0.6 is 0 Å². The van der Waals surface area contributed by atoms with E-state index in [1.54, 1.807) is 0 Å². The van der Waals surface area contributed by atoms with Crippen LogP contribution in [-0.4, -0.2) is 9.97 Å². The van der Waals surface area contributed by atoms with Crippen molar-refractivity contribution in [1.82, 2.24) is 9.97 Å². The van der Waals surface area contributed by atoms with Crippen LogP contribution in [0.2, 0.25) is 0 Å². The van der Waals surface area contributed by atoms with Crippen molar-refractivity contribution < 1.29 is 0 Å². The van der Waals surface area contributed by atoms with Gasteiger partial charge >= 0.3 is 0 Å². The highest BCUT2D eigenvalue weighted by molar-refractivity contribution is 5.85. The van der Waals surface area contributed by atoms with Crippen molar-refractivity contribution in [3.63, 3.8) is 0 Å². The molecule has 4 rings (SSSR count). The van der Waals surface area contributed by atoms with Crippen molar-refractivity contribution in [3.05, 3.63) is 72.2 Å². The van der Waals surface area contributed by atoms with Crippen LogP contribution in [0.3, 0.4) is 0 Å². The first-order valence-electron chi connectivity index (χ1n) is 8.57. The summed E-state index contributed by atoms with van der Waals surface area (Å²) in [4.78, 5) is 9.15. The van der Waals surface area contributed by atoms with E-state index in [-0.39, 0.29) is 5.41 Å². The fourth-order valence-electron chi connectivity index (χ4n) is 3.64. The first kappa shape index (κ1) is 15.1. The molecule has 1 fully saturated rings. The highest BCUT2D eigenvalue weighted by Gasteiger charge is 2.49. The molecule has 120 valence electrons. The lowest BCUT2D eigenvalue weighted by Crippen LogP contribution is -2.07. The average Bonchev–Trinajstić information content (AvgIpc) is 3.24. The summed E-state index contributed by atoms with van der Waals surface area (Å²) in [7, 11) is 0. The second-order valence-corrected chi connectivity index (χ2v) is 7.15. The molecule has 2 atom stereocenters. The van der Waals surface area contributed by atoms with E-state index < -0.39 is 0 Å². The Hall–Kier alpha value is -2.48. The normalized spacial score (nSPS) is 22.4. The summed E-state index contributed by atoms with van der Waals surface area (Å²) in [6, 6.07) is 17.0. The van der Waals surface area contributed by atoms with E-state index in [4.69, 9.17) is 0 Å². The van der Waals surface area contributed by atoms with Gasteiger partial charge in [-0.3, -0.25) is 9.97 Å². The van der Waals surface area contributed by atoms with Gasteiger partial charge in [-0.25, -0.2) is 0 Å². The van der Waals surface area contributed by atoms with Crippen molar-refractivity contribution >= 4 is 0 Å². The van der Waals surface area contributed by atoms with Gasteiger partial charge < -0.3 is 0 Å². The lowest BCUT2D eigenvalue weighted by atomic mass is 9.85. The smallest absolute Gasteiger partial charge is 0.0711 e. The molecule has 0 saturated heterocycles. The molecule has 2 nitrogen and oxygen atoms in total. The Morgan fingerprint density at radius 1 is 1.00 bits per heavy atom. The van der Waals surface area contributed by atoms with Crippen molar-refractivity contribution in [2.24, 2.45) is 5.92 Å². The molecule has 0 radical (unpaired) electrons. The number of rotatable bonds is 3. The highest BCUT2D eigenvalue weighted by Crippen LogP contribution is 2.56. The minimum Gasteiger partial charge on any atom is -0.261 e. The molecule has 2 aromatic heterocycles. The Balaban J connectivity index is 1.97. The van der Waals surface area contributed by atoms with Crippen molar-refractivity contribution in [3.8, 4) is 22.4 Å². The van der Waals surface area contributed by atoms with Crippen LogP contribution in [0.4, 0.5) is 0 Å². The Morgan fingerprint density at radius 2 is 1.83 bits per heavy atom. The van der Waals surface area contributed by atoms with Gasteiger partial charge in [-0.1, -0.05) is 44.2 Å². The molecule has 24 heavy (non-hydrogen) atoms. The van der Waals surface area contributed by atoms with Gasteiger partial charge in [-0.15, -0.1) is 0 Å². The maximum absolute atomic E-state index is 4.66. The number of hydrogen-bond donors (Lipinski definition) is 0. The summed E-state index contributed by atoms with van der Waals surface area (Å²) in [6.45, 7) is 6.73. The van der Waals surface area contributed by atoms with Crippen LogP contribution in [0.25, 0.3) is 22.4 Å². The molecular formula is C22H22N2. The molecule has 0 amide bonds. The number of hydrogen-bond acceptors (Lipinski definition) is 2. The Morgan fingerprint density at radius 3 is 2.46 bits per heavy atom. The molecule has 0 bridgehead atoms. The Bertz CT molecular complexity index is 868. The van der Waals surface area contributed by atoms with Crippen LogP contribution in [0, 0.1) is 12.8 Å². The van der Waals surface area contributed by atoms with E-state index in [0.29, 0.717) is 5.92 Å². The Labute approximate surface area is 143 Å². The number of benzene rings is 1. The molecule has 3 aromatic rings. The van der Waals surface area contributed by atoms with E-state index in [1.807, 2.05) is 25.4 Å². The average molecular weight is 314 g/mol. The van der Waals surface area contributed by atoms with Gasteiger partial charge in [-0.05, 0) is 54.0 Å². The highest BCUT2D eigenvalue weighted by atomic mass is 14.7. The number of aromatic nitrogens is 2. The topological polar surface area (TPSA) is 25.8 Å². The SMILES string of the molecule is Cc1ccc(-c2cccc(C3(C)C[C@@H]3C)c2-c2ccccn2)cn1. The van der Waals surface area contributed by atoms with Gasteiger partial charge in [0.25, 0.3) is 0 Å². The van der Waals surface area contributed by atoms with Crippen LogP contribution in [0.5, 0.6) is 0 Å². The zero-order chi connectivity index (χ0) is 16.7. The standard InChI is InChI=1S/C22H22N2/c1-15-13-22(15,3)19-8-6-7-18(17-11-10-16(2)24-14-17)21(19)20-9-4-5-12-23-20/h4-12,14-15H,13H2,1-3H3/t15-,22?/m0/s1. The van der Waals surface area contributed by atoms with Crippen LogP contribution in [-0.2, 0) is 5.41 Å². The maximum atomic E-state index is 4.66. The second-order valence-electron chi connectivity index (χ2n) is 7.15. The summed E-state index contributed by atoms with van der Waals surface area (Å²) in [6.07, 6.45) is 5.09. The molecule has 1 aromatic carbocycles. The third-order valence-corrected chi connectivity index (χ3v) is 5.48. The van der Waals surface area contributed by atoms with Crippen LogP contribution < -0.4 is 0 Å². The fourth-order valence-corrected chi connectivity index (χ4v) is 3.64. The predicted molar refractivity (Wildman–Crippen MR) is 98.8 cm³/mol. The molecule has 2 heteroatoms. The van der Waals surface area contributed by atoms with Crippen molar-refractivity contribution in [2.75, 3.05) is 0 Å². The minimum atomic E-state index is 0.251. The molecule has 1 unspecified atom stereocenters. The van der Waals surface area contributed by atoms with Crippen molar-refractivity contribution in [1.29, 1.82) is 0 Å². The molecule has 1 saturated carbocycles. The summed E-state index contributed by atoms with van der Waals surface area (Å²) in [5.41, 5.74) is 7.38. The lowest BCUT2D eigenvalue weighted by Gasteiger charge is -2.20. The minimum absolute atomic E-state index is 0.251. The predicted octanol–water partition coefficient (Wildman–Crippen LogP) is 5.42. The Kier molecular flexibility index (Phi) is 3.49. The number of aryl methyl sites for hydroxylation is 1. The monoisotopic (exact) mass is 314 g/mol. The van der Waals surface area contributed by atoms with Gasteiger partial charge in [-0.2, -0.15) is 0 Å². The first-order chi connectivity index (χ1) is 11.6. The molecule has 1 aliphatic carbocycles. The quantitative estimate of drug-likeness (QED) is 0.645. The zero-order valence-corrected chi connectivity index (χ0v) is 14.5. The summed E-state index contributed by atoms with van der Waals surface area (Å²) in [5.74, 6) is 0.714. The van der Waals surface area contributed by atoms with Crippen molar-refractivity contribution in [2.45, 2.75) is 32.6 Å². The molecule has 0 aliphatic heterocycles.